The van der Waals surface area contributed by atoms with Crippen LogP contribution in [-0.4, -0.2) is 20.9 Å². The highest BCUT2D eigenvalue weighted by molar-refractivity contribution is 7.89. The first-order chi connectivity index (χ1) is 11.4. The predicted octanol–water partition coefficient (Wildman–Crippen LogP) is 1.26. The minimum absolute atomic E-state index is 0.0679. The first-order valence-electron chi connectivity index (χ1n) is 6.91. The van der Waals surface area contributed by atoms with Gasteiger partial charge in [-0.15, -0.1) is 4.83 Å². The molecule has 8 heteroatoms. The Balaban J connectivity index is 1.90. The Kier molecular flexibility index (Phi) is 5.52. The van der Waals surface area contributed by atoms with Crippen molar-refractivity contribution in [3.8, 4) is 11.8 Å². The number of nitriles is 1. The van der Waals surface area contributed by atoms with Gasteiger partial charge in [-0.05, 0) is 42.8 Å². The molecule has 0 saturated heterocycles. The molecule has 7 nitrogen and oxygen atoms in total. The second-order valence-corrected chi connectivity index (χ2v) is 6.53. The molecule has 0 atom stereocenters. The van der Waals surface area contributed by atoms with Crippen molar-refractivity contribution in [2.24, 2.45) is 0 Å². The van der Waals surface area contributed by atoms with E-state index in [1.165, 1.54) is 24.3 Å². The zero-order valence-corrected chi connectivity index (χ0v) is 13.6. The van der Waals surface area contributed by atoms with Gasteiger partial charge in [-0.2, -0.15) is 5.26 Å². The molecule has 0 unspecified atom stereocenters. The van der Waals surface area contributed by atoms with Crippen LogP contribution in [0.15, 0.2) is 53.4 Å². The van der Waals surface area contributed by atoms with E-state index in [1.807, 2.05) is 30.0 Å². The van der Waals surface area contributed by atoms with Crippen molar-refractivity contribution in [3.63, 3.8) is 0 Å². The van der Waals surface area contributed by atoms with Crippen molar-refractivity contribution in [3.05, 3.63) is 59.7 Å². The number of carbonyl (C=O) groups is 1. The van der Waals surface area contributed by atoms with E-state index in [0.717, 1.165) is 5.56 Å². The molecule has 0 aliphatic carbocycles. The number of hydrogen-bond donors (Lipinski definition) is 2. The van der Waals surface area contributed by atoms with Gasteiger partial charge in [0.05, 0.1) is 16.5 Å². The van der Waals surface area contributed by atoms with E-state index < -0.39 is 15.9 Å². The Labute approximate surface area is 139 Å². The van der Waals surface area contributed by atoms with Gasteiger partial charge in [0.25, 0.3) is 15.9 Å². The summed E-state index contributed by atoms with van der Waals surface area (Å²) >= 11 is 0. The number of para-hydroxylation sites is 1. The summed E-state index contributed by atoms with van der Waals surface area (Å²) < 4.78 is 29.3. The molecular weight excluding hydrogens is 330 g/mol. The van der Waals surface area contributed by atoms with Gasteiger partial charge >= 0.3 is 0 Å². The van der Waals surface area contributed by atoms with Crippen molar-refractivity contribution >= 4 is 15.9 Å². The van der Waals surface area contributed by atoms with E-state index >= 15 is 0 Å². The van der Waals surface area contributed by atoms with Crippen LogP contribution in [0.25, 0.3) is 0 Å². The van der Waals surface area contributed by atoms with Crippen molar-refractivity contribution in [2.75, 3.05) is 6.61 Å². The molecule has 0 bridgehead atoms. The van der Waals surface area contributed by atoms with Gasteiger partial charge in [0, 0.05) is 0 Å². The van der Waals surface area contributed by atoms with Gasteiger partial charge < -0.3 is 4.74 Å². The van der Waals surface area contributed by atoms with Gasteiger partial charge in [-0.25, -0.2) is 8.42 Å². The summed E-state index contributed by atoms with van der Waals surface area (Å²) in [6, 6.07) is 14.3. The molecule has 2 aromatic rings. The Bertz CT molecular complexity index is 871. The van der Waals surface area contributed by atoms with Crippen LogP contribution in [-0.2, 0) is 14.8 Å². The van der Waals surface area contributed by atoms with Gasteiger partial charge in [0.2, 0.25) is 0 Å². The van der Waals surface area contributed by atoms with Crippen LogP contribution in [0.4, 0.5) is 0 Å². The summed E-state index contributed by atoms with van der Waals surface area (Å²) in [6.07, 6.45) is 0. The first kappa shape index (κ1) is 17.5. The molecule has 2 aromatic carbocycles. The Morgan fingerprint density at radius 3 is 2.46 bits per heavy atom. The van der Waals surface area contributed by atoms with Gasteiger partial charge in [-0.3, -0.25) is 10.2 Å². The van der Waals surface area contributed by atoms with Crippen LogP contribution in [0.3, 0.4) is 0 Å². The lowest BCUT2D eigenvalue weighted by Gasteiger charge is -2.10. The number of ether oxygens (including phenoxy) is 1. The number of hydrazine groups is 1. The number of nitrogens with zero attached hydrogens (tertiary/aromatic N) is 1. The Hall–Kier alpha value is -2.89. The average Bonchev–Trinajstić information content (AvgIpc) is 2.59. The number of hydrogen-bond acceptors (Lipinski definition) is 5. The van der Waals surface area contributed by atoms with E-state index in [9.17, 15) is 13.2 Å². The maximum Gasteiger partial charge on any atom is 0.272 e. The Morgan fingerprint density at radius 2 is 1.83 bits per heavy atom. The van der Waals surface area contributed by atoms with E-state index in [-0.39, 0.29) is 11.5 Å². The zero-order valence-electron chi connectivity index (χ0n) is 12.8. The van der Waals surface area contributed by atoms with E-state index in [4.69, 9.17) is 10.00 Å². The zero-order chi connectivity index (χ0) is 17.6. The number of amides is 1. The number of aryl methyl sites for hydroxylation is 1. The molecule has 1 amide bonds. The minimum Gasteiger partial charge on any atom is -0.483 e. The normalized spacial score (nSPS) is 10.7. The van der Waals surface area contributed by atoms with E-state index in [2.05, 4.69) is 5.43 Å². The summed E-state index contributed by atoms with van der Waals surface area (Å²) in [6.45, 7) is 1.50. The first-order valence-corrected chi connectivity index (χ1v) is 8.40. The maximum atomic E-state index is 12.0. The van der Waals surface area contributed by atoms with Crippen molar-refractivity contribution in [2.45, 2.75) is 11.8 Å². The van der Waals surface area contributed by atoms with Gasteiger partial charge in [0.15, 0.2) is 6.61 Å². The van der Waals surface area contributed by atoms with Crippen LogP contribution >= 0.6 is 0 Å². The SMILES string of the molecule is Cc1ccccc1OCC(=O)NNS(=O)(=O)c1ccc(C#N)cc1. The third-order valence-electron chi connectivity index (χ3n) is 3.07. The molecule has 0 radical (unpaired) electrons. The summed E-state index contributed by atoms with van der Waals surface area (Å²) in [5, 5.41) is 8.69. The van der Waals surface area contributed by atoms with Crippen LogP contribution in [0.2, 0.25) is 0 Å². The quantitative estimate of drug-likeness (QED) is 0.766. The molecule has 124 valence electrons. The molecule has 2 rings (SSSR count). The molecule has 0 fully saturated rings. The second-order valence-electron chi connectivity index (χ2n) is 4.84. The molecular formula is C16H15N3O4S. The summed E-state index contributed by atoms with van der Waals surface area (Å²) in [5.74, 6) is -0.0990. The average molecular weight is 345 g/mol. The summed E-state index contributed by atoms with van der Waals surface area (Å²) in [5.41, 5.74) is 3.27. The van der Waals surface area contributed by atoms with Crippen molar-refractivity contribution in [1.82, 2.24) is 10.3 Å². The molecule has 0 saturated carbocycles. The molecule has 0 spiro atoms. The molecule has 0 aliphatic heterocycles. The fourth-order valence-electron chi connectivity index (χ4n) is 1.79. The maximum absolute atomic E-state index is 12.0. The smallest absolute Gasteiger partial charge is 0.272 e. The lowest BCUT2D eigenvalue weighted by molar-refractivity contribution is -0.123. The third-order valence-corrected chi connectivity index (χ3v) is 4.33. The van der Waals surface area contributed by atoms with Crippen LogP contribution in [0.1, 0.15) is 11.1 Å². The van der Waals surface area contributed by atoms with E-state index in [0.29, 0.717) is 11.3 Å². The Morgan fingerprint density at radius 1 is 1.17 bits per heavy atom. The van der Waals surface area contributed by atoms with E-state index in [1.54, 1.807) is 12.1 Å². The minimum atomic E-state index is -3.92. The third kappa shape index (κ3) is 4.55. The molecule has 0 aliphatic rings. The number of nitrogens with one attached hydrogen (secondary N) is 2. The largest absolute Gasteiger partial charge is 0.483 e. The number of sulfonamides is 1. The standard InChI is InChI=1S/C16H15N3O4S/c1-12-4-2-3-5-15(12)23-11-16(20)18-19-24(21,22)14-8-6-13(10-17)7-9-14/h2-9,19H,11H2,1H3,(H,18,20). The van der Waals surface area contributed by atoms with Gasteiger partial charge in [0.1, 0.15) is 5.75 Å². The van der Waals surface area contributed by atoms with Crippen LogP contribution in [0, 0.1) is 18.3 Å². The lowest BCUT2D eigenvalue weighted by atomic mass is 10.2. The fraction of sp³-hybridized carbons (Fsp3) is 0.125. The predicted molar refractivity (Wildman–Crippen MR) is 86.3 cm³/mol. The number of carbonyl (C=O) groups excluding carboxylic acids is 1. The molecule has 2 N–H and O–H groups in total. The highest BCUT2D eigenvalue weighted by atomic mass is 32.2. The highest BCUT2D eigenvalue weighted by Crippen LogP contribution is 2.15. The number of benzene rings is 2. The monoisotopic (exact) mass is 345 g/mol. The molecule has 0 aromatic heterocycles. The van der Waals surface area contributed by atoms with Crippen molar-refractivity contribution < 1.29 is 17.9 Å². The van der Waals surface area contributed by atoms with Crippen LogP contribution < -0.4 is 15.0 Å². The second kappa shape index (κ2) is 7.59. The molecule has 24 heavy (non-hydrogen) atoms. The van der Waals surface area contributed by atoms with Gasteiger partial charge in [-0.1, -0.05) is 18.2 Å². The number of rotatable bonds is 6. The van der Waals surface area contributed by atoms with Crippen molar-refractivity contribution in [1.29, 1.82) is 5.26 Å². The lowest BCUT2D eigenvalue weighted by Crippen LogP contribution is -2.43. The van der Waals surface area contributed by atoms with Crippen LogP contribution in [0.5, 0.6) is 5.75 Å². The summed E-state index contributed by atoms with van der Waals surface area (Å²) in [4.78, 5) is 13.6. The summed E-state index contributed by atoms with van der Waals surface area (Å²) in [7, 11) is -3.92. The highest BCUT2D eigenvalue weighted by Gasteiger charge is 2.15. The fourth-order valence-corrected chi connectivity index (χ4v) is 2.65. The molecule has 0 heterocycles. The topological polar surface area (TPSA) is 108 Å².